The largest absolute Gasteiger partial charge is 0.455 e. The Labute approximate surface area is 160 Å². The van der Waals surface area contributed by atoms with Gasteiger partial charge >= 0.3 is 0 Å². The van der Waals surface area contributed by atoms with Crippen molar-refractivity contribution in [3.05, 3.63) is 82.2 Å². The zero-order valence-corrected chi connectivity index (χ0v) is 15.9. The third-order valence-electron chi connectivity index (χ3n) is 3.85. The van der Waals surface area contributed by atoms with E-state index in [4.69, 9.17) is 4.42 Å². The summed E-state index contributed by atoms with van der Waals surface area (Å²) in [6, 6.07) is 21.1. The predicted molar refractivity (Wildman–Crippen MR) is 105 cm³/mol. The van der Waals surface area contributed by atoms with Gasteiger partial charge in [-0.15, -0.1) is 0 Å². The van der Waals surface area contributed by atoms with E-state index in [2.05, 4.69) is 22.6 Å². The highest BCUT2D eigenvalue weighted by Crippen LogP contribution is 2.38. The van der Waals surface area contributed by atoms with Crippen LogP contribution in [-0.2, 0) is 10.8 Å². The summed E-state index contributed by atoms with van der Waals surface area (Å²) in [5.74, 6) is 0.194. The molecule has 0 amide bonds. The number of hydrogen-bond acceptors (Lipinski definition) is 2. The van der Waals surface area contributed by atoms with Crippen molar-refractivity contribution in [1.29, 1.82) is 0 Å². The Morgan fingerprint density at radius 1 is 0.920 bits per heavy atom. The Morgan fingerprint density at radius 3 is 2.36 bits per heavy atom. The van der Waals surface area contributed by atoms with Crippen LogP contribution in [0.2, 0.25) is 0 Å². The van der Waals surface area contributed by atoms with Crippen molar-refractivity contribution in [1.82, 2.24) is 0 Å². The molecule has 4 aromatic rings. The molecule has 5 heteroatoms. The summed E-state index contributed by atoms with van der Waals surface area (Å²) in [6.07, 6.45) is 0. The SMILES string of the molecule is O=[S@](c1ccccc1)c1c(-c2ccc(F)cc2)oc2ccc(I)cc12. The molecule has 0 saturated heterocycles. The second kappa shape index (κ2) is 6.72. The Morgan fingerprint density at radius 2 is 1.64 bits per heavy atom. The molecule has 1 atom stereocenters. The van der Waals surface area contributed by atoms with E-state index in [9.17, 15) is 8.60 Å². The van der Waals surface area contributed by atoms with Crippen molar-refractivity contribution in [3.63, 3.8) is 0 Å². The molecule has 0 saturated carbocycles. The van der Waals surface area contributed by atoms with Crippen LogP contribution >= 0.6 is 22.6 Å². The standard InChI is InChI=1S/C20H12FIO2S/c21-14-8-6-13(7-9-14)19-20(25(23)16-4-2-1-3-5-16)17-12-15(22)10-11-18(17)24-19/h1-12H/t25-/m1/s1. The highest BCUT2D eigenvalue weighted by Gasteiger charge is 2.22. The van der Waals surface area contributed by atoms with Crippen LogP contribution < -0.4 is 0 Å². The number of benzene rings is 3. The number of rotatable bonds is 3. The first-order valence-electron chi connectivity index (χ1n) is 7.58. The highest BCUT2D eigenvalue weighted by molar-refractivity contribution is 14.1. The fourth-order valence-electron chi connectivity index (χ4n) is 2.68. The van der Waals surface area contributed by atoms with E-state index < -0.39 is 10.8 Å². The lowest BCUT2D eigenvalue weighted by Gasteiger charge is -2.04. The average Bonchev–Trinajstić information content (AvgIpc) is 3.01. The topological polar surface area (TPSA) is 30.2 Å². The van der Waals surface area contributed by atoms with Crippen molar-refractivity contribution in [2.45, 2.75) is 9.79 Å². The van der Waals surface area contributed by atoms with E-state index in [1.54, 1.807) is 12.1 Å². The molecule has 0 aliphatic heterocycles. The summed E-state index contributed by atoms with van der Waals surface area (Å²) in [5, 5.41) is 0.813. The van der Waals surface area contributed by atoms with Gasteiger partial charge in [0.15, 0.2) is 5.76 Å². The third kappa shape index (κ3) is 3.14. The summed E-state index contributed by atoms with van der Waals surface area (Å²) in [4.78, 5) is 1.32. The summed E-state index contributed by atoms with van der Waals surface area (Å²) >= 11 is 2.22. The summed E-state index contributed by atoms with van der Waals surface area (Å²) in [6.45, 7) is 0. The Hall–Kier alpha value is -1.99. The molecule has 0 radical (unpaired) electrons. The molecular weight excluding hydrogens is 450 g/mol. The van der Waals surface area contributed by atoms with Gasteiger partial charge in [0, 0.05) is 19.4 Å². The maximum absolute atomic E-state index is 13.3. The van der Waals surface area contributed by atoms with Crippen LogP contribution in [0.15, 0.2) is 87.0 Å². The van der Waals surface area contributed by atoms with Gasteiger partial charge in [-0.3, -0.25) is 0 Å². The molecule has 0 aliphatic rings. The van der Waals surface area contributed by atoms with Gasteiger partial charge in [0.25, 0.3) is 0 Å². The Balaban J connectivity index is 1.99. The average molecular weight is 462 g/mol. The summed E-state index contributed by atoms with van der Waals surface area (Å²) in [7, 11) is -1.41. The van der Waals surface area contributed by atoms with Crippen molar-refractivity contribution in [2.24, 2.45) is 0 Å². The van der Waals surface area contributed by atoms with E-state index >= 15 is 0 Å². The van der Waals surface area contributed by atoms with E-state index in [0.29, 0.717) is 26.7 Å². The quantitative estimate of drug-likeness (QED) is 0.349. The second-order valence-electron chi connectivity index (χ2n) is 5.49. The maximum atomic E-state index is 13.3. The molecule has 1 heterocycles. The fraction of sp³-hybridized carbons (Fsp3) is 0. The first kappa shape index (κ1) is 16.5. The molecular formula is C20H12FIO2S. The van der Waals surface area contributed by atoms with Gasteiger partial charge in [0.1, 0.15) is 11.4 Å². The van der Waals surface area contributed by atoms with Gasteiger partial charge < -0.3 is 4.42 Å². The van der Waals surface area contributed by atoms with Gasteiger partial charge in [-0.1, -0.05) is 18.2 Å². The van der Waals surface area contributed by atoms with E-state index in [1.165, 1.54) is 12.1 Å². The molecule has 124 valence electrons. The molecule has 0 bridgehead atoms. The van der Waals surface area contributed by atoms with Crippen molar-refractivity contribution in [3.8, 4) is 11.3 Å². The summed E-state index contributed by atoms with van der Waals surface area (Å²) in [5.41, 5.74) is 1.37. The van der Waals surface area contributed by atoms with Crippen molar-refractivity contribution < 1.29 is 13.0 Å². The molecule has 0 unspecified atom stereocenters. The first-order valence-corrected chi connectivity index (χ1v) is 9.81. The lowest BCUT2D eigenvalue weighted by molar-refractivity contribution is 0.618. The molecule has 4 rings (SSSR count). The molecule has 0 N–H and O–H groups in total. The van der Waals surface area contributed by atoms with E-state index in [0.717, 1.165) is 8.96 Å². The van der Waals surface area contributed by atoms with Crippen LogP contribution in [-0.4, -0.2) is 4.21 Å². The van der Waals surface area contributed by atoms with E-state index in [1.807, 2.05) is 48.5 Å². The zero-order chi connectivity index (χ0) is 17.4. The predicted octanol–water partition coefficient (Wildman–Crippen LogP) is 6.01. The van der Waals surface area contributed by atoms with Crippen molar-refractivity contribution >= 4 is 44.4 Å². The summed E-state index contributed by atoms with van der Waals surface area (Å²) < 4.78 is 33.6. The molecule has 25 heavy (non-hydrogen) atoms. The van der Waals surface area contributed by atoms with Crippen LogP contribution in [0.25, 0.3) is 22.3 Å². The zero-order valence-electron chi connectivity index (χ0n) is 12.9. The van der Waals surface area contributed by atoms with Gasteiger partial charge in [0.2, 0.25) is 0 Å². The number of fused-ring (bicyclic) bond motifs is 1. The normalized spacial score (nSPS) is 12.4. The number of furan rings is 1. The molecule has 0 aliphatic carbocycles. The van der Waals surface area contributed by atoms with Gasteiger partial charge in [-0.2, -0.15) is 0 Å². The van der Waals surface area contributed by atoms with Crippen LogP contribution in [0.3, 0.4) is 0 Å². The monoisotopic (exact) mass is 462 g/mol. The molecule has 0 spiro atoms. The van der Waals surface area contributed by atoms with E-state index in [-0.39, 0.29) is 5.82 Å². The molecule has 2 nitrogen and oxygen atoms in total. The molecule has 0 fully saturated rings. The van der Waals surface area contributed by atoms with Gasteiger partial charge in [-0.25, -0.2) is 8.60 Å². The lowest BCUT2D eigenvalue weighted by atomic mass is 10.1. The number of halogens is 2. The smallest absolute Gasteiger partial charge is 0.151 e. The Bertz CT molecular complexity index is 1070. The minimum Gasteiger partial charge on any atom is -0.455 e. The molecule has 1 aromatic heterocycles. The van der Waals surface area contributed by atoms with Crippen LogP contribution in [0.5, 0.6) is 0 Å². The van der Waals surface area contributed by atoms with Gasteiger partial charge in [-0.05, 0) is 77.2 Å². The van der Waals surface area contributed by atoms with Gasteiger partial charge in [0.05, 0.1) is 15.7 Å². The third-order valence-corrected chi connectivity index (χ3v) is 6.00. The lowest BCUT2D eigenvalue weighted by Crippen LogP contribution is -1.94. The van der Waals surface area contributed by atoms with Crippen LogP contribution in [0, 0.1) is 9.39 Å². The van der Waals surface area contributed by atoms with Crippen LogP contribution in [0.4, 0.5) is 4.39 Å². The fourth-order valence-corrected chi connectivity index (χ4v) is 4.50. The minimum absolute atomic E-state index is 0.319. The highest BCUT2D eigenvalue weighted by atomic mass is 127. The first-order chi connectivity index (χ1) is 12.1. The minimum atomic E-state index is -1.41. The van der Waals surface area contributed by atoms with Crippen molar-refractivity contribution in [2.75, 3.05) is 0 Å². The maximum Gasteiger partial charge on any atom is 0.151 e. The second-order valence-corrected chi connectivity index (χ2v) is 8.15. The van der Waals surface area contributed by atoms with Crippen LogP contribution in [0.1, 0.15) is 0 Å². The Kier molecular flexibility index (Phi) is 4.43. The number of hydrogen-bond donors (Lipinski definition) is 0. The molecule has 3 aromatic carbocycles.